The Morgan fingerprint density at radius 3 is 2.81 bits per heavy atom. The molecule has 0 unspecified atom stereocenters. The summed E-state index contributed by atoms with van der Waals surface area (Å²) in [5.74, 6) is 1.26. The molecule has 0 radical (unpaired) electrons. The van der Waals surface area contributed by atoms with Crippen LogP contribution in [0.5, 0.6) is 0 Å². The van der Waals surface area contributed by atoms with Crippen LogP contribution in [0.3, 0.4) is 0 Å². The highest BCUT2D eigenvalue weighted by atomic mass is 32.2. The summed E-state index contributed by atoms with van der Waals surface area (Å²) in [5.41, 5.74) is 7.07. The lowest BCUT2D eigenvalue weighted by atomic mass is 10.1. The normalized spacial score (nSPS) is 10.2. The maximum absolute atomic E-state index is 7.09. The molecule has 0 atom stereocenters. The van der Waals surface area contributed by atoms with Gasteiger partial charge in [0.2, 0.25) is 0 Å². The fraction of sp³-hybridized carbons (Fsp3) is 0.0909. The standard InChI is InChI=1S/C11H11N3OS/c12-11(13)16-7-9-6-10(14-15-9)8-4-2-1-3-5-8/h1-6H,7H2,(H3,12,13). The van der Waals surface area contributed by atoms with Gasteiger partial charge in [-0.25, -0.2) is 0 Å². The second-order valence-corrected chi connectivity index (χ2v) is 4.21. The van der Waals surface area contributed by atoms with Crippen LogP contribution in [0.25, 0.3) is 11.3 Å². The molecule has 0 spiro atoms. The van der Waals surface area contributed by atoms with Crippen LogP contribution in [0, 0.1) is 5.41 Å². The lowest BCUT2D eigenvalue weighted by molar-refractivity contribution is 0.397. The molecule has 2 aromatic rings. The number of rotatable bonds is 3. The number of nitrogens with one attached hydrogen (secondary N) is 1. The van der Waals surface area contributed by atoms with E-state index in [0.29, 0.717) is 5.75 Å². The number of nitrogens with two attached hydrogens (primary N) is 1. The molecule has 0 fully saturated rings. The molecule has 0 amide bonds. The van der Waals surface area contributed by atoms with Gasteiger partial charge in [0.15, 0.2) is 5.17 Å². The van der Waals surface area contributed by atoms with E-state index in [4.69, 9.17) is 15.7 Å². The first-order chi connectivity index (χ1) is 7.75. The highest BCUT2D eigenvalue weighted by molar-refractivity contribution is 8.13. The number of benzene rings is 1. The van der Waals surface area contributed by atoms with Gasteiger partial charge in [-0.05, 0) is 0 Å². The summed E-state index contributed by atoms with van der Waals surface area (Å²) in [4.78, 5) is 0. The zero-order valence-corrected chi connectivity index (χ0v) is 9.33. The van der Waals surface area contributed by atoms with Gasteiger partial charge in [-0.2, -0.15) is 0 Å². The Hall–Kier alpha value is -1.75. The van der Waals surface area contributed by atoms with Crippen molar-refractivity contribution in [3.8, 4) is 11.3 Å². The molecule has 0 aliphatic heterocycles. The van der Waals surface area contributed by atoms with Crippen molar-refractivity contribution in [2.75, 3.05) is 0 Å². The van der Waals surface area contributed by atoms with Crippen LogP contribution in [0.4, 0.5) is 0 Å². The van der Waals surface area contributed by atoms with Crippen molar-refractivity contribution in [1.29, 1.82) is 5.41 Å². The summed E-state index contributed by atoms with van der Waals surface area (Å²) >= 11 is 1.22. The second-order valence-electron chi connectivity index (χ2n) is 3.20. The van der Waals surface area contributed by atoms with Crippen molar-refractivity contribution < 1.29 is 4.52 Å². The van der Waals surface area contributed by atoms with Gasteiger partial charge in [-0.1, -0.05) is 47.3 Å². The lowest BCUT2D eigenvalue weighted by Gasteiger charge is -1.92. The van der Waals surface area contributed by atoms with E-state index < -0.39 is 0 Å². The van der Waals surface area contributed by atoms with E-state index in [1.807, 2.05) is 36.4 Å². The van der Waals surface area contributed by atoms with E-state index in [1.54, 1.807) is 0 Å². The Balaban J connectivity index is 2.11. The van der Waals surface area contributed by atoms with Crippen LogP contribution in [-0.2, 0) is 5.75 Å². The van der Waals surface area contributed by atoms with Crippen LogP contribution >= 0.6 is 11.8 Å². The van der Waals surface area contributed by atoms with E-state index in [0.717, 1.165) is 17.0 Å². The molecule has 0 aliphatic carbocycles. The summed E-state index contributed by atoms with van der Waals surface area (Å²) in [5, 5.41) is 11.1. The van der Waals surface area contributed by atoms with Crippen LogP contribution in [-0.4, -0.2) is 10.3 Å². The Kier molecular flexibility index (Phi) is 3.26. The molecule has 0 bridgehead atoms. The monoisotopic (exact) mass is 233 g/mol. The fourth-order valence-corrected chi connectivity index (χ4v) is 1.71. The van der Waals surface area contributed by atoms with Crippen molar-refractivity contribution in [3.05, 3.63) is 42.2 Å². The Labute approximate surface area is 97.3 Å². The summed E-state index contributed by atoms with van der Waals surface area (Å²) in [6.07, 6.45) is 0. The van der Waals surface area contributed by atoms with Gasteiger partial charge in [-0.15, -0.1) is 0 Å². The summed E-state index contributed by atoms with van der Waals surface area (Å²) in [7, 11) is 0. The van der Waals surface area contributed by atoms with E-state index >= 15 is 0 Å². The van der Waals surface area contributed by atoms with Crippen LogP contribution in [0.15, 0.2) is 40.9 Å². The molecule has 3 N–H and O–H groups in total. The molecule has 1 aromatic carbocycles. The first-order valence-electron chi connectivity index (χ1n) is 4.73. The van der Waals surface area contributed by atoms with Gasteiger partial charge in [0.1, 0.15) is 11.5 Å². The number of nitrogens with zero attached hydrogens (tertiary/aromatic N) is 1. The van der Waals surface area contributed by atoms with Gasteiger partial charge in [0.25, 0.3) is 0 Å². The highest BCUT2D eigenvalue weighted by Crippen LogP contribution is 2.20. The van der Waals surface area contributed by atoms with Crippen LogP contribution in [0.1, 0.15) is 5.76 Å². The molecule has 5 heteroatoms. The van der Waals surface area contributed by atoms with E-state index in [2.05, 4.69) is 5.16 Å². The number of thioether (sulfide) groups is 1. The van der Waals surface area contributed by atoms with Crippen LogP contribution in [0.2, 0.25) is 0 Å². The Bertz CT molecular complexity index is 481. The van der Waals surface area contributed by atoms with Gasteiger partial charge in [-0.3, -0.25) is 5.41 Å². The van der Waals surface area contributed by atoms with Gasteiger partial charge in [0.05, 0.1) is 5.75 Å². The van der Waals surface area contributed by atoms with E-state index in [1.165, 1.54) is 11.8 Å². The number of hydrogen-bond acceptors (Lipinski definition) is 4. The smallest absolute Gasteiger partial charge is 0.151 e. The fourth-order valence-electron chi connectivity index (χ4n) is 1.27. The zero-order valence-electron chi connectivity index (χ0n) is 8.51. The molecule has 16 heavy (non-hydrogen) atoms. The predicted octanol–water partition coefficient (Wildman–Crippen LogP) is 2.47. The van der Waals surface area contributed by atoms with Crippen molar-refractivity contribution in [1.82, 2.24) is 5.16 Å². The Morgan fingerprint density at radius 1 is 1.38 bits per heavy atom. The van der Waals surface area contributed by atoms with Crippen LogP contribution < -0.4 is 5.73 Å². The summed E-state index contributed by atoms with van der Waals surface area (Å²) in [6.45, 7) is 0. The largest absolute Gasteiger partial charge is 0.379 e. The van der Waals surface area contributed by atoms with Gasteiger partial charge in [0, 0.05) is 11.6 Å². The quantitative estimate of drug-likeness (QED) is 0.630. The number of hydrogen-bond donors (Lipinski definition) is 2. The van der Waals surface area contributed by atoms with Gasteiger partial charge >= 0.3 is 0 Å². The minimum Gasteiger partial charge on any atom is -0.379 e. The zero-order chi connectivity index (χ0) is 11.4. The molecular formula is C11H11N3OS. The average Bonchev–Trinajstić information content (AvgIpc) is 2.76. The maximum Gasteiger partial charge on any atom is 0.151 e. The van der Waals surface area contributed by atoms with E-state index in [-0.39, 0.29) is 5.17 Å². The topological polar surface area (TPSA) is 75.9 Å². The molecule has 0 aliphatic rings. The molecule has 0 saturated carbocycles. The van der Waals surface area contributed by atoms with Gasteiger partial charge < -0.3 is 10.3 Å². The average molecular weight is 233 g/mol. The molecule has 4 nitrogen and oxygen atoms in total. The molecular weight excluding hydrogens is 222 g/mol. The van der Waals surface area contributed by atoms with E-state index in [9.17, 15) is 0 Å². The Morgan fingerprint density at radius 2 is 2.12 bits per heavy atom. The third kappa shape index (κ3) is 2.64. The van der Waals surface area contributed by atoms with Crippen molar-refractivity contribution in [2.45, 2.75) is 5.75 Å². The first-order valence-corrected chi connectivity index (χ1v) is 5.72. The molecule has 82 valence electrons. The minimum absolute atomic E-state index is 0.0812. The SMILES string of the molecule is N=C(N)SCc1cc(-c2ccccc2)no1. The number of aromatic nitrogens is 1. The molecule has 1 aromatic heterocycles. The molecule has 0 saturated heterocycles. The maximum atomic E-state index is 7.09. The minimum atomic E-state index is 0.0812. The predicted molar refractivity (Wildman–Crippen MR) is 65.1 cm³/mol. The summed E-state index contributed by atoms with van der Waals surface area (Å²) in [6, 6.07) is 11.7. The molecule has 1 heterocycles. The first kappa shape index (κ1) is 10.8. The van der Waals surface area contributed by atoms with Crippen molar-refractivity contribution in [3.63, 3.8) is 0 Å². The number of amidine groups is 1. The van der Waals surface area contributed by atoms with Crippen molar-refractivity contribution >= 4 is 16.9 Å². The third-order valence-electron chi connectivity index (χ3n) is 2.00. The molecule has 2 rings (SSSR count). The van der Waals surface area contributed by atoms with Crippen molar-refractivity contribution in [2.24, 2.45) is 5.73 Å². The summed E-state index contributed by atoms with van der Waals surface area (Å²) < 4.78 is 5.15. The highest BCUT2D eigenvalue weighted by Gasteiger charge is 2.06. The lowest BCUT2D eigenvalue weighted by Crippen LogP contribution is -2.03. The third-order valence-corrected chi connectivity index (χ3v) is 2.74. The second kappa shape index (κ2) is 4.85.